The van der Waals surface area contributed by atoms with Crippen molar-refractivity contribution in [1.29, 1.82) is 0 Å². The van der Waals surface area contributed by atoms with E-state index in [0.717, 1.165) is 54.8 Å². The lowest BCUT2D eigenvalue weighted by Gasteiger charge is -2.10. The van der Waals surface area contributed by atoms with Crippen LogP contribution in [0.4, 0.5) is 0 Å². The second-order valence-electron chi connectivity index (χ2n) is 5.26. The third-order valence-corrected chi connectivity index (χ3v) is 4.54. The van der Waals surface area contributed by atoms with Crippen molar-refractivity contribution < 1.29 is 0 Å². The number of hydrogen-bond donors (Lipinski definition) is 2. The molecule has 0 saturated carbocycles. The van der Waals surface area contributed by atoms with E-state index in [1.54, 1.807) is 11.3 Å². The Morgan fingerprint density at radius 1 is 1.22 bits per heavy atom. The number of pyridine rings is 1. The molecule has 2 heterocycles. The quantitative estimate of drug-likeness (QED) is 0.604. The van der Waals surface area contributed by atoms with E-state index in [1.165, 1.54) is 4.88 Å². The van der Waals surface area contributed by atoms with Crippen LogP contribution < -0.4 is 10.6 Å². The third-order valence-electron chi connectivity index (χ3n) is 3.41. The van der Waals surface area contributed by atoms with Crippen molar-refractivity contribution in [2.75, 3.05) is 19.6 Å². The molecule has 0 aliphatic rings. The molecule has 5 nitrogen and oxygen atoms in total. The summed E-state index contributed by atoms with van der Waals surface area (Å²) in [5.74, 6) is 0.855. The van der Waals surface area contributed by atoms with Crippen molar-refractivity contribution in [3.8, 4) is 0 Å². The van der Waals surface area contributed by atoms with Gasteiger partial charge in [-0.25, -0.2) is 4.98 Å². The fourth-order valence-electron chi connectivity index (χ4n) is 2.11. The predicted molar refractivity (Wildman–Crippen MR) is 97.2 cm³/mol. The third kappa shape index (κ3) is 5.98. The largest absolute Gasteiger partial charge is 0.357 e. The van der Waals surface area contributed by atoms with Gasteiger partial charge in [-0.05, 0) is 32.9 Å². The zero-order valence-electron chi connectivity index (χ0n) is 14.1. The highest BCUT2D eigenvalue weighted by atomic mass is 32.1. The van der Waals surface area contributed by atoms with E-state index in [4.69, 9.17) is 0 Å². The van der Waals surface area contributed by atoms with Crippen LogP contribution in [0.25, 0.3) is 0 Å². The molecule has 0 unspecified atom stereocenters. The molecule has 2 rings (SSSR count). The van der Waals surface area contributed by atoms with Crippen molar-refractivity contribution in [2.45, 2.75) is 33.6 Å². The van der Waals surface area contributed by atoms with E-state index in [9.17, 15) is 0 Å². The van der Waals surface area contributed by atoms with Gasteiger partial charge in [-0.15, -0.1) is 11.3 Å². The molecule has 2 N–H and O–H groups in total. The summed E-state index contributed by atoms with van der Waals surface area (Å²) >= 11 is 1.77. The summed E-state index contributed by atoms with van der Waals surface area (Å²) in [6.45, 7) is 8.66. The molecule has 0 amide bonds. The van der Waals surface area contributed by atoms with Gasteiger partial charge in [0, 0.05) is 49.2 Å². The van der Waals surface area contributed by atoms with Crippen LogP contribution in [0.1, 0.15) is 28.2 Å². The van der Waals surface area contributed by atoms with Gasteiger partial charge in [0.25, 0.3) is 0 Å². The maximum Gasteiger partial charge on any atom is 0.191 e. The van der Waals surface area contributed by atoms with Crippen LogP contribution in [-0.2, 0) is 12.8 Å². The van der Waals surface area contributed by atoms with E-state index >= 15 is 0 Å². The first-order valence-electron chi connectivity index (χ1n) is 8.04. The minimum atomic E-state index is 0.741. The fraction of sp³-hybridized carbons (Fsp3) is 0.471. The predicted octanol–water partition coefficient (Wildman–Crippen LogP) is 2.50. The lowest BCUT2D eigenvalue weighted by Crippen LogP contribution is -2.38. The second-order valence-corrected chi connectivity index (χ2v) is 6.55. The first-order chi connectivity index (χ1) is 11.2. The summed E-state index contributed by atoms with van der Waals surface area (Å²) in [6, 6.07) is 5.99. The molecule has 0 aromatic carbocycles. The molecule has 23 heavy (non-hydrogen) atoms. The molecular weight excluding hydrogens is 306 g/mol. The summed E-state index contributed by atoms with van der Waals surface area (Å²) in [7, 11) is 0. The number of aliphatic imine (C=N–C) groups is 1. The topological polar surface area (TPSA) is 62.2 Å². The maximum absolute atomic E-state index is 4.62. The lowest BCUT2D eigenvalue weighted by molar-refractivity contribution is 0.785. The molecule has 0 atom stereocenters. The number of rotatable bonds is 7. The Hall–Kier alpha value is -1.95. The molecular formula is C17H25N5S. The second kappa shape index (κ2) is 9.25. The normalized spacial score (nSPS) is 11.5. The number of hydrogen-bond acceptors (Lipinski definition) is 4. The van der Waals surface area contributed by atoms with Gasteiger partial charge in [-0.3, -0.25) is 9.98 Å². The summed E-state index contributed by atoms with van der Waals surface area (Å²) in [6.07, 6.45) is 3.60. The van der Waals surface area contributed by atoms with Crippen LogP contribution in [0.3, 0.4) is 0 Å². The molecule has 0 fully saturated rings. The van der Waals surface area contributed by atoms with Crippen molar-refractivity contribution in [3.63, 3.8) is 0 Å². The van der Waals surface area contributed by atoms with Crippen molar-refractivity contribution >= 4 is 17.3 Å². The number of nitrogens with one attached hydrogen (secondary N) is 2. The minimum absolute atomic E-state index is 0.741. The van der Waals surface area contributed by atoms with E-state index < -0.39 is 0 Å². The summed E-state index contributed by atoms with van der Waals surface area (Å²) < 4.78 is 0. The molecule has 0 saturated heterocycles. The van der Waals surface area contributed by atoms with Gasteiger partial charge in [-0.2, -0.15) is 0 Å². The van der Waals surface area contributed by atoms with Crippen LogP contribution in [0.2, 0.25) is 0 Å². The lowest BCUT2D eigenvalue weighted by atomic mass is 10.3. The van der Waals surface area contributed by atoms with E-state index in [-0.39, 0.29) is 0 Å². The molecule has 0 aliphatic heterocycles. The van der Waals surface area contributed by atoms with E-state index in [1.807, 2.05) is 24.4 Å². The van der Waals surface area contributed by atoms with Gasteiger partial charge in [0.05, 0.1) is 10.7 Å². The van der Waals surface area contributed by atoms with Gasteiger partial charge >= 0.3 is 0 Å². The average Bonchev–Trinajstić information content (AvgIpc) is 2.86. The highest BCUT2D eigenvalue weighted by molar-refractivity contribution is 7.11. The van der Waals surface area contributed by atoms with Gasteiger partial charge in [0.1, 0.15) is 0 Å². The van der Waals surface area contributed by atoms with Crippen LogP contribution in [0, 0.1) is 13.8 Å². The van der Waals surface area contributed by atoms with Crippen LogP contribution in [0.5, 0.6) is 0 Å². The van der Waals surface area contributed by atoms with Crippen LogP contribution in [-0.4, -0.2) is 35.6 Å². The smallest absolute Gasteiger partial charge is 0.191 e. The van der Waals surface area contributed by atoms with Crippen molar-refractivity contribution in [2.24, 2.45) is 4.99 Å². The highest BCUT2D eigenvalue weighted by Crippen LogP contribution is 2.16. The van der Waals surface area contributed by atoms with Gasteiger partial charge < -0.3 is 10.6 Å². The zero-order chi connectivity index (χ0) is 16.5. The molecule has 6 heteroatoms. The van der Waals surface area contributed by atoms with Crippen molar-refractivity contribution in [3.05, 3.63) is 45.7 Å². The van der Waals surface area contributed by atoms with Crippen LogP contribution >= 0.6 is 11.3 Å². The zero-order valence-corrected chi connectivity index (χ0v) is 14.9. The molecule has 2 aromatic heterocycles. The average molecular weight is 331 g/mol. The summed E-state index contributed by atoms with van der Waals surface area (Å²) in [5, 5.41) is 7.79. The number of aryl methyl sites for hydroxylation is 2. The standard InChI is InChI=1S/C17H25N5S/c1-4-18-17(20-11-8-15-7-5-6-10-19-15)21-12-9-16-22-13(2)14(3)23-16/h5-7,10H,4,8-9,11-12H2,1-3H3,(H2,18,20,21). The number of nitrogens with zero attached hydrogens (tertiary/aromatic N) is 3. The summed E-state index contributed by atoms with van der Waals surface area (Å²) in [4.78, 5) is 14.8. The number of thiazole rings is 1. The maximum atomic E-state index is 4.62. The van der Waals surface area contributed by atoms with Crippen molar-refractivity contribution in [1.82, 2.24) is 20.6 Å². The molecule has 124 valence electrons. The Labute approximate surface area is 142 Å². The van der Waals surface area contributed by atoms with Gasteiger partial charge in [-0.1, -0.05) is 6.07 Å². The van der Waals surface area contributed by atoms with E-state index in [2.05, 4.69) is 46.4 Å². The van der Waals surface area contributed by atoms with Crippen LogP contribution in [0.15, 0.2) is 29.4 Å². The fourth-order valence-corrected chi connectivity index (χ4v) is 3.03. The molecule has 0 spiro atoms. The first kappa shape index (κ1) is 17.4. The van der Waals surface area contributed by atoms with Gasteiger partial charge in [0.15, 0.2) is 5.96 Å². The Bertz CT molecular complexity index is 602. The Balaban J connectivity index is 1.79. The van der Waals surface area contributed by atoms with E-state index in [0.29, 0.717) is 0 Å². The Kier molecular flexibility index (Phi) is 7.00. The SMILES string of the molecule is CCNC(=NCCc1nc(C)c(C)s1)NCCc1ccccn1. The number of guanidine groups is 1. The molecule has 0 radical (unpaired) electrons. The highest BCUT2D eigenvalue weighted by Gasteiger charge is 2.03. The Morgan fingerprint density at radius 3 is 2.74 bits per heavy atom. The monoisotopic (exact) mass is 331 g/mol. The summed E-state index contributed by atoms with van der Waals surface area (Å²) in [5.41, 5.74) is 2.22. The first-order valence-corrected chi connectivity index (χ1v) is 8.85. The Morgan fingerprint density at radius 2 is 2.09 bits per heavy atom. The van der Waals surface area contributed by atoms with Gasteiger partial charge in [0.2, 0.25) is 0 Å². The molecule has 2 aromatic rings. The minimum Gasteiger partial charge on any atom is -0.357 e. The molecule has 0 bridgehead atoms. The molecule has 0 aliphatic carbocycles. The number of aromatic nitrogens is 2.